The van der Waals surface area contributed by atoms with Gasteiger partial charge in [-0.25, -0.2) is 9.67 Å². The van der Waals surface area contributed by atoms with Gasteiger partial charge in [0.15, 0.2) is 0 Å². The maximum absolute atomic E-state index is 12.6. The third kappa shape index (κ3) is 4.42. The lowest BCUT2D eigenvalue weighted by atomic mass is 10.1. The van der Waals surface area contributed by atoms with Crippen LogP contribution in [-0.4, -0.2) is 39.2 Å². The number of benzene rings is 2. The van der Waals surface area contributed by atoms with E-state index in [9.17, 15) is 4.79 Å². The quantitative estimate of drug-likeness (QED) is 0.637. The molecule has 0 spiro atoms. The van der Waals surface area contributed by atoms with E-state index in [1.165, 1.54) is 10.5 Å². The average molecular weight is 358 g/mol. The van der Waals surface area contributed by atoms with Crippen LogP contribution in [0.15, 0.2) is 54.6 Å². The summed E-state index contributed by atoms with van der Waals surface area (Å²) in [7, 11) is 1.65. The topological polar surface area (TPSA) is 51.0 Å². The number of carbonyl (C=O) groups is 1. The molecular formula is C22H22N4O. The highest BCUT2D eigenvalue weighted by Gasteiger charge is 2.20. The van der Waals surface area contributed by atoms with Crippen LogP contribution in [0.1, 0.15) is 27.6 Å². The maximum Gasteiger partial charge on any atom is 0.294 e. The summed E-state index contributed by atoms with van der Waals surface area (Å²) in [6.45, 7) is 2.24. The Hall–Kier alpha value is -3.39. The average Bonchev–Trinajstić information content (AvgIpc) is 3.11. The minimum atomic E-state index is -0.277. The summed E-state index contributed by atoms with van der Waals surface area (Å²) in [6, 6.07) is 18.2. The zero-order valence-electron chi connectivity index (χ0n) is 15.6. The number of carbonyl (C=O) groups excluding carboxylic acids is 1. The highest BCUT2D eigenvalue weighted by Crippen LogP contribution is 2.15. The van der Waals surface area contributed by atoms with Crippen molar-refractivity contribution in [3.05, 3.63) is 77.4 Å². The smallest absolute Gasteiger partial charge is 0.294 e. The molecule has 1 aromatic heterocycles. The number of rotatable bonds is 6. The number of hydrogen-bond donors (Lipinski definition) is 0. The largest absolute Gasteiger partial charge is 0.328 e. The molecule has 1 amide bonds. The zero-order chi connectivity index (χ0) is 19.2. The second kappa shape index (κ2) is 8.33. The molecule has 0 fully saturated rings. The molecule has 3 aromatic rings. The molecule has 0 radical (unpaired) electrons. The first kappa shape index (κ1) is 18.4. The summed E-state index contributed by atoms with van der Waals surface area (Å²) in [4.78, 5) is 18.5. The molecule has 0 saturated heterocycles. The Kier molecular flexibility index (Phi) is 5.68. The van der Waals surface area contributed by atoms with Gasteiger partial charge in [-0.3, -0.25) is 4.79 Å². The van der Waals surface area contributed by atoms with Crippen molar-refractivity contribution in [3.8, 4) is 18.0 Å². The van der Waals surface area contributed by atoms with E-state index in [1.54, 1.807) is 11.7 Å². The van der Waals surface area contributed by atoms with Gasteiger partial charge in [-0.05, 0) is 36.6 Å². The van der Waals surface area contributed by atoms with Crippen molar-refractivity contribution in [2.24, 2.45) is 0 Å². The molecular weight excluding hydrogens is 336 g/mol. The van der Waals surface area contributed by atoms with Gasteiger partial charge in [0.25, 0.3) is 5.91 Å². The van der Waals surface area contributed by atoms with Crippen LogP contribution >= 0.6 is 0 Å². The van der Waals surface area contributed by atoms with Gasteiger partial charge < -0.3 is 4.90 Å². The monoisotopic (exact) mass is 358 g/mol. The molecule has 136 valence electrons. The van der Waals surface area contributed by atoms with Crippen LogP contribution in [0.2, 0.25) is 0 Å². The van der Waals surface area contributed by atoms with Crippen molar-refractivity contribution in [2.75, 3.05) is 13.6 Å². The Bertz CT molecular complexity index is 969. The summed E-state index contributed by atoms with van der Waals surface area (Å²) < 4.78 is 1.76. The number of amides is 1. The van der Waals surface area contributed by atoms with Crippen molar-refractivity contribution in [1.82, 2.24) is 19.7 Å². The van der Waals surface area contributed by atoms with E-state index in [4.69, 9.17) is 6.42 Å². The van der Waals surface area contributed by atoms with E-state index in [2.05, 4.69) is 28.1 Å². The van der Waals surface area contributed by atoms with Crippen LogP contribution < -0.4 is 0 Å². The number of nitrogens with zero attached hydrogens (tertiary/aromatic N) is 4. The fourth-order valence-corrected chi connectivity index (χ4v) is 2.84. The number of terminal acetylenes is 1. The van der Waals surface area contributed by atoms with Crippen LogP contribution in [0.25, 0.3) is 5.69 Å². The van der Waals surface area contributed by atoms with E-state index < -0.39 is 0 Å². The van der Waals surface area contributed by atoms with Crippen molar-refractivity contribution < 1.29 is 4.79 Å². The molecule has 27 heavy (non-hydrogen) atoms. The molecule has 0 aliphatic rings. The van der Waals surface area contributed by atoms with Crippen LogP contribution in [0, 0.1) is 19.3 Å². The molecule has 5 nitrogen and oxygen atoms in total. The molecule has 5 heteroatoms. The van der Waals surface area contributed by atoms with Crippen LogP contribution in [-0.2, 0) is 12.8 Å². The van der Waals surface area contributed by atoms with Gasteiger partial charge in [-0.1, -0.05) is 48.4 Å². The lowest BCUT2D eigenvalue weighted by Crippen LogP contribution is -2.28. The molecule has 0 unspecified atom stereocenters. The van der Waals surface area contributed by atoms with Gasteiger partial charge in [-0.2, -0.15) is 0 Å². The molecule has 0 bridgehead atoms. The third-order valence-electron chi connectivity index (χ3n) is 4.27. The SMILES string of the molecule is C#CCN(C)C(=O)c1nc(CCc2ccccc2)n(-c2cccc(C)c2)n1. The fourth-order valence-electron chi connectivity index (χ4n) is 2.84. The van der Waals surface area contributed by atoms with Crippen molar-refractivity contribution in [1.29, 1.82) is 0 Å². The predicted octanol–water partition coefficient (Wildman–Crippen LogP) is 3.07. The summed E-state index contributed by atoms with van der Waals surface area (Å²) in [5, 5.41) is 4.48. The highest BCUT2D eigenvalue weighted by molar-refractivity contribution is 5.90. The second-order valence-corrected chi connectivity index (χ2v) is 6.45. The predicted molar refractivity (Wildman–Crippen MR) is 106 cm³/mol. The van der Waals surface area contributed by atoms with Crippen LogP contribution in [0.4, 0.5) is 0 Å². The first-order chi connectivity index (χ1) is 13.1. The van der Waals surface area contributed by atoms with Crippen molar-refractivity contribution in [3.63, 3.8) is 0 Å². The normalized spacial score (nSPS) is 10.4. The second-order valence-electron chi connectivity index (χ2n) is 6.45. The van der Waals surface area contributed by atoms with E-state index in [0.717, 1.165) is 23.5 Å². The lowest BCUT2D eigenvalue weighted by Gasteiger charge is -2.10. The number of aryl methyl sites for hydroxylation is 3. The summed E-state index contributed by atoms with van der Waals surface area (Å²) in [5.74, 6) is 3.11. The van der Waals surface area contributed by atoms with Gasteiger partial charge >= 0.3 is 0 Å². The Morgan fingerprint density at radius 3 is 2.63 bits per heavy atom. The van der Waals surface area contributed by atoms with E-state index in [-0.39, 0.29) is 18.3 Å². The fraction of sp³-hybridized carbons (Fsp3) is 0.227. The Balaban J connectivity index is 1.94. The van der Waals surface area contributed by atoms with Crippen LogP contribution in [0.5, 0.6) is 0 Å². The van der Waals surface area contributed by atoms with Crippen molar-refractivity contribution >= 4 is 5.91 Å². The molecule has 0 saturated carbocycles. The van der Waals surface area contributed by atoms with E-state index >= 15 is 0 Å². The first-order valence-electron chi connectivity index (χ1n) is 8.84. The molecule has 0 aliphatic heterocycles. The summed E-state index contributed by atoms with van der Waals surface area (Å²) in [6.07, 6.45) is 6.81. The summed E-state index contributed by atoms with van der Waals surface area (Å²) >= 11 is 0. The zero-order valence-corrected chi connectivity index (χ0v) is 15.6. The minimum absolute atomic E-state index is 0.164. The van der Waals surface area contributed by atoms with E-state index in [0.29, 0.717) is 6.42 Å². The maximum atomic E-state index is 12.6. The lowest BCUT2D eigenvalue weighted by molar-refractivity contribution is 0.0800. The van der Waals surface area contributed by atoms with Gasteiger partial charge in [0.1, 0.15) is 5.82 Å². The van der Waals surface area contributed by atoms with Crippen LogP contribution in [0.3, 0.4) is 0 Å². The van der Waals surface area contributed by atoms with Gasteiger partial charge in [0.05, 0.1) is 12.2 Å². The Morgan fingerprint density at radius 2 is 1.93 bits per heavy atom. The molecule has 0 aliphatic carbocycles. The molecule has 2 aromatic carbocycles. The number of hydrogen-bond acceptors (Lipinski definition) is 3. The van der Waals surface area contributed by atoms with Gasteiger partial charge in [0, 0.05) is 13.5 Å². The van der Waals surface area contributed by atoms with E-state index in [1.807, 2.05) is 49.4 Å². The van der Waals surface area contributed by atoms with Crippen molar-refractivity contribution in [2.45, 2.75) is 19.8 Å². The van der Waals surface area contributed by atoms with Gasteiger partial charge in [0.2, 0.25) is 5.82 Å². The number of aromatic nitrogens is 3. The molecule has 0 N–H and O–H groups in total. The minimum Gasteiger partial charge on any atom is -0.328 e. The molecule has 3 rings (SSSR count). The highest BCUT2D eigenvalue weighted by atomic mass is 16.2. The molecule has 0 atom stereocenters. The standard InChI is InChI=1S/C22H22N4O/c1-4-15-25(3)22(27)21-23-20(14-13-18-10-6-5-7-11-18)26(24-21)19-12-8-9-17(2)16-19/h1,5-12,16H,13-15H2,2-3H3. The Morgan fingerprint density at radius 1 is 1.15 bits per heavy atom. The summed E-state index contributed by atoms with van der Waals surface area (Å²) in [5.41, 5.74) is 3.23. The first-order valence-corrected chi connectivity index (χ1v) is 8.84. The molecule has 1 heterocycles. The van der Waals surface area contributed by atoms with Gasteiger partial charge in [-0.15, -0.1) is 11.5 Å². The third-order valence-corrected chi connectivity index (χ3v) is 4.27. The Labute approximate surface area is 159 Å².